The molecule has 1 amide bonds. The lowest BCUT2D eigenvalue weighted by atomic mass is 10.2. The van der Waals surface area contributed by atoms with Crippen molar-refractivity contribution in [2.45, 2.75) is 52.0 Å². The van der Waals surface area contributed by atoms with Crippen LogP contribution in [0.2, 0.25) is 0 Å². The standard InChI is InChI=1S/C25H31BrN4O2/c1-17-15-19(7-8-21(17)26)28-24-20-10-14-32-23(20)16-22(29-24)25(31)27-11-9-18(2)30-12-5-3-4-6-13-30/h7-8,10,14-16,18H,3-6,9,11-13H2,1-2H3,(H,27,31)(H,28,29). The van der Waals surface area contributed by atoms with E-state index < -0.39 is 0 Å². The number of carbonyl (C=O) groups excluding carboxylic acids is 1. The number of aromatic nitrogens is 1. The van der Waals surface area contributed by atoms with Gasteiger partial charge in [-0.3, -0.25) is 4.79 Å². The van der Waals surface area contributed by atoms with Crippen LogP contribution in [0.3, 0.4) is 0 Å². The van der Waals surface area contributed by atoms with Crippen LogP contribution < -0.4 is 10.6 Å². The van der Waals surface area contributed by atoms with Crippen LogP contribution in [0.1, 0.15) is 55.1 Å². The number of rotatable bonds is 7. The first-order chi connectivity index (χ1) is 15.5. The van der Waals surface area contributed by atoms with Crippen LogP contribution in [0.15, 0.2) is 45.5 Å². The summed E-state index contributed by atoms with van der Waals surface area (Å²) < 4.78 is 6.64. The smallest absolute Gasteiger partial charge is 0.270 e. The largest absolute Gasteiger partial charge is 0.464 e. The number of nitrogens with zero attached hydrogens (tertiary/aromatic N) is 2. The van der Waals surface area contributed by atoms with E-state index in [-0.39, 0.29) is 5.91 Å². The van der Waals surface area contributed by atoms with E-state index in [1.165, 1.54) is 25.7 Å². The van der Waals surface area contributed by atoms with Crippen molar-refractivity contribution in [1.29, 1.82) is 0 Å². The van der Waals surface area contributed by atoms with E-state index in [0.717, 1.165) is 40.6 Å². The van der Waals surface area contributed by atoms with Gasteiger partial charge in [0.25, 0.3) is 5.91 Å². The molecule has 6 nitrogen and oxygen atoms in total. The molecular weight excluding hydrogens is 468 g/mol. The highest BCUT2D eigenvalue weighted by molar-refractivity contribution is 9.10. The van der Waals surface area contributed by atoms with Crippen LogP contribution in [0.4, 0.5) is 11.5 Å². The molecule has 0 aliphatic carbocycles. The third-order valence-electron chi connectivity index (χ3n) is 6.22. The van der Waals surface area contributed by atoms with Gasteiger partial charge in [-0.05, 0) is 76.0 Å². The minimum Gasteiger partial charge on any atom is -0.464 e. The lowest BCUT2D eigenvalue weighted by molar-refractivity contribution is 0.0943. The molecule has 3 heterocycles. The Morgan fingerprint density at radius 2 is 1.97 bits per heavy atom. The molecule has 1 aliphatic heterocycles. The number of hydrogen-bond acceptors (Lipinski definition) is 5. The van der Waals surface area contributed by atoms with E-state index >= 15 is 0 Å². The second-order valence-electron chi connectivity index (χ2n) is 8.62. The van der Waals surface area contributed by atoms with Gasteiger partial charge in [0.2, 0.25) is 0 Å². The minimum atomic E-state index is -0.179. The number of nitrogens with one attached hydrogen (secondary N) is 2. The fourth-order valence-electron chi connectivity index (χ4n) is 4.24. The Morgan fingerprint density at radius 3 is 2.72 bits per heavy atom. The van der Waals surface area contributed by atoms with Gasteiger partial charge in [-0.1, -0.05) is 28.8 Å². The van der Waals surface area contributed by atoms with Crippen molar-refractivity contribution >= 4 is 44.3 Å². The molecule has 0 radical (unpaired) electrons. The number of halogens is 1. The molecule has 170 valence electrons. The van der Waals surface area contributed by atoms with Crippen LogP contribution in [-0.2, 0) is 0 Å². The Bertz CT molecular complexity index is 1070. The van der Waals surface area contributed by atoms with Gasteiger partial charge in [0.05, 0.1) is 11.6 Å². The molecule has 1 fully saturated rings. The molecule has 1 aliphatic rings. The SMILES string of the molecule is Cc1cc(Nc2nc(C(=O)NCCC(C)N3CCCCCC3)cc3occc23)ccc1Br. The van der Waals surface area contributed by atoms with E-state index in [1.807, 2.05) is 31.2 Å². The fraction of sp³-hybridized carbons (Fsp3) is 0.440. The Morgan fingerprint density at radius 1 is 1.19 bits per heavy atom. The highest BCUT2D eigenvalue weighted by atomic mass is 79.9. The van der Waals surface area contributed by atoms with Gasteiger partial charge in [0, 0.05) is 28.8 Å². The second kappa shape index (κ2) is 10.5. The van der Waals surface area contributed by atoms with E-state index in [2.05, 4.69) is 43.4 Å². The molecule has 0 spiro atoms. The lowest BCUT2D eigenvalue weighted by Gasteiger charge is -2.27. The molecule has 7 heteroatoms. The number of benzene rings is 1. The molecule has 1 aromatic carbocycles. The van der Waals surface area contributed by atoms with Crippen LogP contribution in [0.25, 0.3) is 11.0 Å². The molecule has 1 unspecified atom stereocenters. The maximum Gasteiger partial charge on any atom is 0.270 e. The number of carbonyl (C=O) groups is 1. The summed E-state index contributed by atoms with van der Waals surface area (Å²) in [5, 5.41) is 7.23. The van der Waals surface area contributed by atoms with Gasteiger partial charge < -0.3 is 20.0 Å². The maximum atomic E-state index is 12.9. The molecule has 1 atom stereocenters. The molecule has 4 rings (SSSR count). The number of amides is 1. The summed E-state index contributed by atoms with van der Waals surface area (Å²) in [5.74, 6) is 0.433. The molecule has 2 aromatic heterocycles. The number of fused-ring (bicyclic) bond motifs is 1. The van der Waals surface area contributed by atoms with E-state index in [4.69, 9.17) is 4.42 Å². The highest BCUT2D eigenvalue weighted by Crippen LogP contribution is 2.28. The highest BCUT2D eigenvalue weighted by Gasteiger charge is 2.17. The predicted molar refractivity (Wildman–Crippen MR) is 133 cm³/mol. The number of likely N-dealkylation sites (tertiary alicyclic amines) is 1. The van der Waals surface area contributed by atoms with Gasteiger partial charge >= 0.3 is 0 Å². The van der Waals surface area contributed by atoms with Gasteiger partial charge in [0.1, 0.15) is 17.1 Å². The topological polar surface area (TPSA) is 70.4 Å². The minimum absolute atomic E-state index is 0.179. The van der Waals surface area contributed by atoms with Crippen LogP contribution >= 0.6 is 15.9 Å². The molecule has 3 aromatic rings. The van der Waals surface area contributed by atoms with Crippen molar-refractivity contribution in [2.24, 2.45) is 0 Å². The van der Waals surface area contributed by atoms with Gasteiger partial charge in [-0.2, -0.15) is 0 Å². The Labute approximate surface area is 197 Å². The number of anilines is 2. The van der Waals surface area contributed by atoms with Crippen LogP contribution in [0.5, 0.6) is 0 Å². The van der Waals surface area contributed by atoms with Gasteiger partial charge in [-0.25, -0.2) is 4.98 Å². The number of hydrogen-bond donors (Lipinski definition) is 2. The molecule has 2 N–H and O–H groups in total. The summed E-state index contributed by atoms with van der Waals surface area (Å²) in [6, 6.07) is 10.0. The van der Waals surface area contributed by atoms with E-state index in [1.54, 1.807) is 12.3 Å². The zero-order valence-corrected chi connectivity index (χ0v) is 20.4. The summed E-state index contributed by atoms with van der Waals surface area (Å²) in [7, 11) is 0. The molecule has 0 bridgehead atoms. The number of furan rings is 1. The van der Waals surface area contributed by atoms with Crippen molar-refractivity contribution in [3.05, 3.63) is 52.3 Å². The Kier molecular flexibility index (Phi) is 7.48. The summed E-state index contributed by atoms with van der Waals surface area (Å²) in [6.45, 7) is 7.25. The van der Waals surface area contributed by atoms with Crippen molar-refractivity contribution in [3.63, 3.8) is 0 Å². The first-order valence-electron chi connectivity index (χ1n) is 11.4. The van der Waals surface area contributed by atoms with Gasteiger partial charge in [0.15, 0.2) is 0 Å². The average molecular weight is 499 g/mol. The predicted octanol–water partition coefficient (Wildman–Crippen LogP) is 6.03. The molecule has 32 heavy (non-hydrogen) atoms. The third kappa shape index (κ3) is 5.51. The summed E-state index contributed by atoms with van der Waals surface area (Å²) >= 11 is 3.53. The van der Waals surface area contributed by atoms with Crippen molar-refractivity contribution in [2.75, 3.05) is 25.0 Å². The first-order valence-corrected chi connectivity index (χ1v) is 12.2. The zero-order chi connectivity index (χ0) is 22.5. The third-order valence-corrected chi connectivity index (χ3v) is 7.11. The van der Waals surface area contributed by atoms with Crippen molar-refractivity contribution in [1.82, 2.24) is 15.2 Å². The molecule has 0 saturated carbocycles. The van der Waals surface area contributed by atoms with Crippen molar-refractivity contribution in [3.8, 4) is 0 Å². The van der Waals surface area contributed by atoms with Crippen LogP contribution in [0, 0.1) is 6.92 Å². The van der Waals surface area contributed by atoms with E-state index in [0.29, 0.717) is 29.7 Å². The van der Waals surface area contributed by atoms with E-state index in [9.17, 15) is 4.79 Å². The van der Waals surface area contributed by atoms with Crippen molar-refractivity contribution < 1.29 is 9.21 Å². The maximum absolute atomic E-state index is 12.9. The Balaban J connectivity index is 1.43. The van der Waals surface area contributed by atoms with Crippen LogP contribution in [-0.4, -0.2) is 41.5 Å². The fourth-order valence-corrected chi connectivity index (χ4v) is 4.49. The molecule has 1 saturated heterocycles. The quantitative estimate of drug-likeness (QED) is 0.416. The number of pyridine rings is 1. The Hall–Kier alpha value is -2.38. The average Bonchev–Trinajstić information content (AvgIpc) is 3.09. The first kappa shape index (κ1) is 22.8. The normalized spacial score (nSPS) is 16.0. The summed E-state index contributed by atoms with van der Waals surface area (Å²) in [5.41, 5.74) is 3.01. The molecular formula is C25H31BrN4O2. The monoisotopic (exact) mass is 498 g/mol. The second-order valence-corrected chi connectivity index (χ2v) is 9.48. The zero-order valence-electron chi connectivity index (χ0n) is 18.8. The van der Waals surface area contributed by atoms with Gasteiger partial charge in [-0.15, -0.1) is 0 Å². The lowest BCUT2D eigenvalue weighted by Crippen LogP contribution is -2.37. The summed E-state index contributed by atoms with van der Waals surface area (Å²) in [4.78, 5) is 20.0. The number of aryl methyl sites for hydroxylation is 1. The summed E-state index contributed by atoms with van der Waals surface area (Å²) in [6.07, 6.45) is 7.76.